The van der Waals surface area contributed by atoms with E-state index in [0.29, 0.717) is 6.42 Å². The Hall–Kier alpha value is -4.76. The van der Waals surface area contributed by atoms with Crippen LogP contribution >= 0.6 is 0 Å². The van der Waals surface area contributed by atoms with Crippen LogP contribution in [0.15, 0.2) is 60.2 Å². The number of carbonyl (C=O) groups is 1. The first-order valence-corrected chi connectivity index (χ1v) is 13.4. The monoisotopic (exact) mass is 507 g/mol. The summed E-state index contributed by atoms with van der Waals surface area (Å²) < 4.78 is 0. The summed E-state index contributed by atoms with van der Waals surface area (Å²) >= 11 is 0. The Balaban J connectivity index is 1.44. The number of aromatic amines is 1. The second kappa shape index (κ2) is 7.42. The van der Waals surface area contributed by atoms with E-state index >= 15 is 0 Å². The van der Waals surface area contributed by atoms with Crippen molar-refractivity contribution in [1.82, 2.24) is 20.3 Å². The number of rotatable bonds is 1. The van der Waals surface area contributed by atoms with Crippen LogP contribution in [0, 0.1) is 32.1 Å². The number of hydrogen-bond donors (Lipinski definition) is 2. The van der Waals surface area contributed by atoms with Gasteiger partial charge in [-0.3, -0.25) is 4.79 Å². The fraction of sp³-hybridized carbons (Fsp3) is 0.212. The summed E-state index contributed by atoms with van der Waals surface area (Å²) in [5.41, 5.74) is 12.3. The van der Waals surface area contributed by atoms with Crippen molar-refractivity contribution in [2.24, 2.45) is 0 Å². The topological polar surface area (TPSA) is 94.5 Å². The Labute approximate surface area is 225 Å². The van der Waals surface area contributed by atoms with Gasteiger partial charge < -0.3 is 10.3 Å². The maximum Gasteiger partial charge on any atom is 0.263 e. The molecule has 0 fully saturated rings. The third-order valence-electron chi connectivity index (χ3n) is 9.05. The van der Waals surface area contributed by atoms with Crippen molar-refractivity contribution < 1.29 is 4.79 Å². The third-order valence-corrected chi connectivity index (χ3v) is 9.05. The number of nitrogens with one attached hydrogen (secondary N) is 2. The van der Waals surface area contributed by atoms with Gasteiger partial charge in [-0.05, 0) is 79.6 Å². The van der Waals surface area contributed by atoms with Gasteiger partial charge in [0.05, 0.1) is 33.9 Å². The van der Waals surface area contributed by atoms with E-state index in [-0.39, 0.29) is 17.4 Å². The normalized spacial score (nSPS) is 21.0. The second-order valence-corrected chi connectivity index (χ2v) is 11.2. The molecule has 0 radical (unpaired) electrons. The van der Waals surface area contributed by atoms with Gasteiger partial charge in [-0.15, -0.1) is 0 Å². The predicted molar refractivity (Wildman–Crippen MR) is 151 cm³/mol. The van der Waals surface area contributed by atoms with E-state index in [9.17, 15) is 10.1 Å². The summed E-state index contributed by atoms with van der Waals surface area (Å²) in [7, 11) is 0. The average molecular weight is 508 g/mol. The Bertz CT molecular complexity index is 2020. The molecule has 1 amide bonds. The molecule has 3 heterocycles. The highest BCUT2D eigenvalue weighted by Gasteiger charge is 2.57. The molecule has 6 heteroatoms. The molecule has 2 unspecified atom stereocenters. The van der Waals surface area contributed by atoms with Gasteiger partial charge >= 0.3 is 0 Å². The van der Waals surface area contributed by atoms with Crippen molar-refractivity contribution in [1.29, 1.82) is 5.26 Å². The zero-order valence-corrected chi connectivity index (χ0v) is 21.9. The van der Waals surface area contributed by atoms with E-state index in [0.717, 1.165) is 67.7 Å². The van der Waals surface area contributed by atoms with Crippen molar-refractivity contribution >= 4 is 33.4 Å². The SMILES string of the molecule is Cc1ccc2c3c([nH]c2c1)C1=C(C#N)C(=O)NC1(C1c2ccccc2-c2nc4cc(C)c(C)cc4nc21)CC3. The largest absolute Gasteiger partial charge is 0.354 e. The molecule has 1 aliphatic heterocycles. The lowest BCUT2D eigenvalue weighted by Crippen LogP contribution is -2.51. The molecule has 2 aromatic heterocycles. The maximum absolute atomic E-state index is 13.5. The highest BCUT2D eigenvalue weighted by molar-refractivity contribution is 6.14. The molecule has 0 saturated heterocycles. The fourth-order valence-electron chi connectivity index (χ4n) is 7.17. The van der Waals surface area contributed by atoms with E-state index in [1.54, 1.807) is 0 Å². The molecule has 2 aliphatic carbocycles. The summed E-state index contributed by atoms with van der Waals surface area (Å²) in [6, 6.07) is 21.1. The summed E-state index contributed by atoms with van der Waals surface area (Å²) in [5, 5.41) is 14.7. The van der Waals surface area contributed by atoms with Crippen LogP contribution in [0.25, 0.3) is 38.8 Å². The van der Waals surface area contributed by atoms with Crippen molar-refractivity contribution in [2.45, 2.75) is 45.1 Å². The minimum Gasteiger partial charge on any atom is -0.354 e. The summed E-state index contributed by atoms with van der Waals surface area (Å²) in [5.74, 6) is -0.588. The molecule has 3 aromatic carbocycles. The van der Waals surface area contributed by atoms with Crippen molar-refractivity contribution in [3.63, 3.8) is 0 Å². The van der Waals surface area contributed by atoms with Crippen molar-refractivity contribution in [3.8, 4) is 17.3 Å². The number of benzene rings is 3. The van der Waals surface area contributed by atoms with E-state index < -0.39 is 5.54 Å². The molecule has 8 rings (SSSR count). The number of aryl methyl sites for hydroxylation is 4. The smallest absolute Gasteiger partial charge is 0.263 e. The van der Waals surface area contributed by atoms with Gasteiger partial charge in [0.2, 0.25) is 0 Å². The van der Waals surface area contributed by atoms with Gasteiger partial charge in [-0.25, -0.2) is 9.97 Å². The number of amides is 1. The highest BCUT2D eigenvalue weighted by Crippen LogP contribution is 2.58. The molecule has 39 heavy (non-hydrogen) atoms. The molecule has 0 bridgehead atoms. The van der Waals surface area contributed by atoms with Crippen LogP contribution in [-0.2, 0) is 11.2 Å². The number of fused-ring (bicyclic) bond motifs is 9. The lowest BCUT2D eigenvalue weighted by Gasteiger charge is -2.41. The standard InChI is InChI=1S/C33H25N5O/c1-16-8-9-19-22-10-11-33(28(23(15-34)32(39)38-33)29(22)35-24(19)12-16)27-20-6-4-5-7-21(20)30-31(27)37-26-14-18(3)17(2)13-25(26)36-30/h4-9,12-14,27,35H,10-11H2,1-3H3,(H,38,39). The van der Waals surface area contributed by atoms with Gasteiger partial charge in [0.15, 0.2) is 0 Å². The number of H-pyrrole nitrogens is 1. The first-order chi connectivity index (χ1) is 18.9. The summed E-state index contributed by atoms with van der Waals surface area (Å²) in [6.45, 7) is 6.25. The van der Waals surface area contributed by atoms with Gasteiger partial charge in [0, 0.05) is 27.7 Å². The molecule has 6 nitrogen and oxygen atoms in total. The van der Waals surface area contributed by atoms with Gasteiger partial charge in [0.1, 0.15) is 11.6 Å². The van der Waals surface area contributed by atoms with Gasteiger partial charge in [-0.2, -0.15) is 5.26 Å². The van der Waals surface area contributed by atoms with Crippen molar-refractivity contribution in [2.75, 3.05) is 0 Å². The van der Waals surface area contributed by atoms with E-state index in [1.165, 1.54) is 16.7 Å². The van der Waals surface area contributed by atoms with E-state index in [2.05, 4.69) is 79.6 Å². The van der Waals surface area contributed by atoms with Crippen LogP contribution in [-0.4, -0.2) is 26.4 Å². The molecule has 188 valence electrons. The zero-order chi connectivity index (χ0) is 26.6. The number of nitriles is 1. The molecule has 5 aromatic rings. The number of aromatic nitrogens is 3. The zero-order valence-electron chi connectivity index (χ0n) is 21.9. The molecular formula is C33H25N5O. The van der Waals surface area contributed by atoms with Crippen molar-refractivity contribution in [3.05, 3.63) is 99.4 Å². The lowest BCUT2D eigenvalue weighted by molar-refractivity contribution is -0.117. The maximum atomic E-state index is 13.5. The van der Waals surface area contributed by atoms with Gasteiger partial charge in [-0.1, -0.05) is 36.4 Å². The molecule has 2 atom stereocenters. The summed E-state index contributed by atoms with van der Waals surface area (Å²) in [4.78, 5) is 27.5. The van der Waals surface area contributed by atoms with Crippen LogP contribution in [0.4, 0.5) is 0 Å². The molecule has 0 spiro atoms. The minimum atomic E-state index is -0.811. The lowest BCUT2D eigenvalue weighted by atomic mass is 9.67. The average Bonchev–Trinajstić information content (AvgIpc) is 3.54. The van der Waals surface area contributed by atoms with Crippen LogP contribution in [0.1, 0.15) is 51.5 Å². The number of hydrogen-bond acceptors (Lipinski definition) is 4. The Morgan fingerprint density at radius 3 is 2.56 bits per heavy atom. The van der Waals surface area contributed by atoms with E-state index in [1.807, 2.05) is 12.1 Å². The second-order valence-electron chi connectivity index (χ2n) is 11.2. The molecular weight excluding hydrogens is 482 g/mol. The fourth-order valence-corrected chi connectivity index (χ4v) is 7.17. The first-order valence-electron chi connectivity index (χ1n) is 13.4. The minimum absolute atomic E-state index is 0.186. The highest BCUT2D eigenvalue weighted by atomic mass is 16.2. The first kappa shape index (κ1) is 22.2. The Morgan fingerprint density at radius 1 is 1.00 bits per heavy atom. The summed E-state index contributed by atoms with van der Waals surface area (Å²) in [6.07, 6.45) is 1.44. The Kier molecular flexibility index (Phi) is 4.23. The van der Waals surface area contributed by atoms with Crippen LogP contribution in [0.2, 0.25) is 0 Å². The van der Waals surface area contributed by atoms with Crippen LogP contribution in [0.5, 0.6) is 0 Å². The van der Waals surface area contributed by atoms with Gasteiger partial charge in [0.25, 0.3) is 5.91 Å². The quantitative estimate of drug-likeness (QED) is 0.294. The Morgan fingerprint density at radius 2 is 1.77 bits per heavy atom. The molecule has 3 aliphatic rings. The van der Waals surface area contributed by atoms with E-state index in [4.69, 9.17) is 9.97 Å². The third kappa shape index (κ3) is 2.77. The number of carbonyl (C=O) groups excluding carboxylic acids is 1. The molecule has 0 saturated carbocycles. The molecule has 2 N–H and O–H groups in total. The predicted octanol–water partition coefficient (Wildman–Crippen LogP) is 5.94. The van der Waals surface area contributed by atoms with Crippen LogP contribution in [0.3, 0.4) is 0 Å². The van der Waals surface area contributed by atoms with Crippen LogP contribution < -0.4 is 5.32 Å². The number of nitrogens with zero attached hydrogens (tertiary/aromatic N) is 3.